The van der Waals surface area contributed by atoms with E-state index in [0.29, 0.717) is 24.4 Å². The highest BCUT2D eigenvalue weighted by Gasteiger charge is 2.30. The third-order valence-electron chi connectivity index (χ3n) is 5.97. The average molecular weight is 433 g/mol. The Morgan fingerprint density at radius 1 is 1.27 bits per heavy atom. The zero-order chi connectivity index (χ0) is 21.3. The molecule has 2 aromatic rings. The Bertz CT molecular complexity index is 1080. The number of hydrogen-bond donors (Lipinski definition) is 1. The molecule has 30 heavy (non-hydrogen) atoms. The van der Waals surface area contributed by atoms with Gasteiger partial charge in [-0.15, -0.1) is 0 Å². The molecule has 1 saturated heterocycles. The molecule has 1 atom stereocenters. The summed E-state index contributed by atoms with van der Waals surface area (Å²) in [5, 5.41) is 0. The summed E-state index contributed by atoms with van der Waals surface area (Å²) < 4.78 is 30.4. The number of ether oxygens (including phenoxy) is 1. The fourth-order valence-corrected chi connectivity index (χ4v) is 5.14. The number of nitrogens with one attached hydrogen (secondary N) is 1. The van der Waals surface area contributed by atoms with Gasteiger partial charge in [0.15, 0.2) is 0 Å². The second-order valence-electron chi connectivity index (χ2n) is 8.06. The largest absolute Gasteiger partial charge is 0.497 e. The molecule has 0 amide bonds. The first-order chi connectivity index (χ1) is 14.3. The number of likely N-dealkylation sites (tertiary alicyclic amines) is 1. The Labute approximate surface area is 176 Å². The Morgan fingerprint density at radius 3 is 2.87 bits per heavy atom. The van der Waals surface area contributed by atoms with Gasteiger partial charge in [-0.2, -0.15) is 4.31 Å². The lowest BCUT2D eigenvalue weighted by Gasteiger charge is -2.35. The summed E-state index contributed by atoms with van der Waals surface area (Å²) >= 11 is 0. The van der Waals surface area contributed by atoms with Gasteiger partial charge in [0.2, 0.25) is 10.0 Å². The van der Waals surface area contributed by atoms with Crippen LogP contribution in [0.2, 0.25) is 0 Å². The van der Waals surface area contributed by atoms with Crippen molar-refractivity contribution >= 4 is 10.0 Å². The van der Waals surface area contributed by atoms with Crippen molar-refractivity contribution in [1.29, 1.82) is 0 Å². The van der Waals surface area contributed by atoms with E-state index in [2.05, 4.69) is 16.0 Å². The summed E-state index contributed by atoms with van der Waals surface area (Å²) in [4.78, 5) is 22.9. The lowest BCUT2D eigenvalue weighted by Crippen LogP contribution is -2.40. The van der Waals surface area contributed by atoms with Gasteiger partial charge in [-0.3, -0.25) is 9.69 Å². The van der Waals surface area contributed by atoms with Gasteiger partial charge in [0.1, 0.15) is 11.6 Å². The van der Waals surface area contributed by atoms with Gasteiger partial charge in [-0.05, 0) is 37.1 Å². The highest BCUT2D eigenvalue weighted by molar-refractivity contribution is 7.88. The van der Waals surface area contributed by atoms with Gasteiger partial charge < -0.3 is 9.72 Å². The van der Waals surface area contributed by atoms with E-state index in [1.54, 1.807) is 7.11 Å². The Morgan fingerprint density at radius 2 is 2.10 bits per heavy atom. The molecule has 8 nitrogen and oxygen atoms in total. The van der Waals surface area contributed by atoms with Crippen molar-refractivity contribution in [2.75, 3.05) is 26.5 Å². The van der Waals surface area contributed by atoms with Crippen LogP contribution in [-0.2, 0) is 29.5 Å². The predicted octanol–water partition coefficient (Wildman–Crippen LogP) is 1.82. The van der Waals surface area contributed by atoms with E-state index in [-0.39, 0.29) is 18.1 Å². The maximum atomic E-state index is 12.8. The fraction of sp³-hybridized carbons (Fsp3) is 0.524. The molecule has 1 fully saturated rings. The molecular weight excluding hydrogens is 404 g/mol. The van der Waals surface area contributed by atoms with Crippen LogP contribution in [0.5, 0.6) is 5.75 Å². The number of rotatable bonds is 5. The fourth-order valence-electron chi connectivity index (χ4n) is 4.36. The van der Waals surface area contributed by atoms with Crippen LogP contribution >= 0.6 is 0 Å². The molecule has 0 radical (unpaired) electrons. The number of piperidine rings is 1. The van der Waals surface area contributed by atoms with Crippen LogP contribution in [-0.4, -0.2) is 54.0 Å². The van der Waals surface area contributed by atoms with Crippen molar-refractivity contribution in [2.24, 2.45) is 0 Å². The molecule has 1 aromatic carbocycles. The third kappa shape index (κ3) is 4.43. The van der Waals surface area contributed by atoms with E-state index in [4.69, 9.17) is 9.72 Å². The molecule has 0 unspecified atom stereocenters. The molecule has 2 aliphatic heterocycles. The van der Waals surface area contributed by atoms with Crippen molar-refractivity contribution in [2.45, 2.75) is 44.8 Å². The van der Waals surface area contributed by atoms with Crippen molar-refractivity contribution in [3.8, 4) is 5.75 Å². The zero-order valence-corrected chi connectivity index (χ0v) is 18.2. The molecule has 4 rings (SSSR count). The molecule has 0 bridgehead atoms. The van der Waals surface area contributed by atoms with Crippen LogP contribution < -0.4 is 10.3 Å². The zero-order valence-electron chi connectivity index (χ0n) is 17.4. The minimum atomic E-state index is -3.33. The van der Waals surface area contributed by atoms with Crippen LogP contribution in [0.25, 0.3) is 0 Å². The number of nitrogens with zero attached hydrogens (tertiary/aromatic N) is 3. The van der Waals surface area contributed by atoms with Crippen LogP contribution in [0, 0.1) is 0 Å². The standard InChI is InChI=1S/C21H28N4O4S/c1-29-16-7-5-6-15(12-16)13-24-10-4-3-8-19(24)20-22-18-9-11-25(30(2,27)28)14-17(18)21(26)23-20/h5-7,12,19H,3-4,8-11,13-14H2,1-2H3,(H,22,23,26)/t19-/m1/s1. The number of aromatic nitrogens is 2. The summed E-state index contributed by atoms with van der Waals surface area (Å²) in [7, 11) is -1.67. The summed E-state index contributed by atoms with van der Waals surface area (Å²) in [6.45, 7) is 2.14. The normalized spacial score (nSPS) is 20.7. The molecule has 2 aliphatic rings. The number of hydrogen-bond acceptors (Lipinski definition) is 6. The SMILES string of the molecule is COc1cccc(CN2CCCC[C@@H]2c2nc3c(c(=O)[nH]2)CN(S(C)(=O)=O)CC3)c1. The maximum absolute atomic E-state index is 12.8. The number of H-pyrrole nitrogens is 1. The van der Waals surface area contributed by atoms with Crippen LogP contribution in [0.1, 0.15) is 47.9 Å². The van der Waals surface area contributed by atoms with E-state index >= 15 is 0 Å². The van der Waals surface area contributed by atoms with Crippen molar-refractivity contribution in [1.82, 2.24) is 19.2 Å². The highest BCUT2D eigenvalue weighted by atomic mass is 32.2. The predicted molar refractivity (Wildman–Crippen MR) is 114 cm³/mol. The summed E-state index contributed by atoms with van der Waals surface area (Å²) in [6.07, 6.45) is 4.76. The lowest BCUT2D eigenvalue weighted by molar-refractivity contribution is 0.133. The van der Waals surface area contributed by atoms with E-state index in [0.717, 1.165) is 49.4 Å². The topological polar surface area (TPSA) is 95.6 Å². The minimum absolute atomic E-state index is 0.0379. The summed E-state index contributed by atoms with van der Waals surface area (Å²) in [5.74, 6) is 1.52. The molecular formula is C21H28N4O4S. The van der Waals surface area contributed by atoms with Gasteiger partial charge in [0.05, 0.1) is 30.7 Å². The molecule has 0 aliphatic carbocycles. The molecule has 0 spiro atoms. The van der Waals surface area contributed by atoms with Crippen molar-refractivity contribution in [3.63, 3.8) is 0 Å². The number of methoxy groups -OCH3 is 1. The second kappa shape index (κ2) is 8.49. The number of sulfonamides is 1. The first-order valence-electron chi connectivity index (χ1n) is 10.3. The van der Waals surface area contributed by atoms with E-state index in [1.807, 2.05) is 18.2 Å². The smallest absolute Gasteiger partial charge is 0.255 e. The van der Waals surface area contributed by atoms with E-state index in [9.17, 15) is 13.2 Å². The van der Waals surface area contributed by atoms with Gasteiger partial charge in [0.25, 0.3) is 5.56 Å². The molecule has 9 heteroatoms. The Kier molecular flexibility index (Phi) is 5.95. The summed E-state index contributed by atoms with van der Waals surface area (Å²) in [5.41, 5.74) is 2.12. The first kappa shape index (κ1) is 21.0. The van der Waals surface area contributed by atoms with Crippen LogP contribution in [0.3, 0.4) is 0 Å². The summed E-state index contributed by atoms with van der Waals surface area (Å²) in [6, 6.07) is 8.07. The van der Waals surface area contributed by atoms with Crippen LogP contribution in [0.15, 0.2) is 29.1 Å². The molecule has 1 aromatic heterocycles. The molecule has 162 valence electrons. The average Bonchev–Trinajstić information content (AvgIpc) is 2.73. The monoisotopic (exact) mass is 432 g/mol. The molecule has 0 saturated carbocycles. The number of fused-ring (bicyclic) bond motifs is 1. The lowest BCUT2D eigenvalue weighted by atomic mass is 9.99. The third-order valence-corrected chi connectivity index (χ3v) is 7.22. The molecule has 3 heterocycles. The van der Waals surface area contributed by atoms with E-state index < -0.39 is 10.0 Å². The molecule has 1 N–H and O–H groups in total. The Balaban J connectivity index is 1.60. The number of benzene rings is 1. The Hall–Kier alpha value is -2.23. The van der Waals surface area contributed by atoms with Gasteiger partial charge in [-0.25, -0.2) is 13.4 Å². The minimum Gasteiger partial charge on any atom is -0.497 e. The van der Waals surface area contributed by atoms with Crippen LogP contribution in [0.4, 0.5) is 0 Å². The van der Waals surface area contributed by atoms with Crippen molar-refractivity contribution < 1.29 is 13.2 Å². The van der Waals surface area contributed by atoms with Gasteiger partial charge >= 0.3 is 0 Å². The van der Waals surface area contributed by atoms with E-state index in [1.165, 1.54) is 10.6 Å². The van der Waals surface area contributed by atoms with Gasteiger partial charge in [0, 0.05) is 26.1 Å². The van der Waals surface area contributed by atoms with Gasteiger partial charge in [-0.1, -0.05) is 18.6 Å². The maximum Gasteiger partial charge on any atom is 0.255 e. The van der Waals surface area contributed by atoms with Crippen molar-refractivity contribution in [3.05, 3.63) is 57.3 Å². The quantitative estimate of drug-likeness (QED) is 0.774. The highest BCUT2D eigenvalue weighted by Crippen LogP contribution is 2.31. The number of aromatic amines is 1. The second-order valence-corrected chi connectivity index (χ2v) is 10.0. The first-order valence-corrected chi connectivity index (χ1v) is 12.1.